The summed E-state index contributed by atoms with van der Waals surface area (Å²) in [5, 5.41) is 3.18. The lowest BCUT2D eigenvalue weighted by Crippen LogP contribution is -2.74. The lowest BCUT2D eigenvalue weighted by Gasteiger charge is -2.54. The molecule has 2 saturated heterocycles. The second kappa shape index (κ2) is 7.29. The van der Waals surface area contributed by atoms with Crippen molar-refractivity contribution in [1.29, 1.82) is 0 Å². The Balaban J connectivity index is 2.32. The number of nitrogens with zero attached hydrogens (tertiary/aromatic N) is 4. The van der Waals surface area contributed by atoms with Crippen molar-refractivity contribution in [2.45, 2.75) is 52.2 Å². The zero-order valence-electron chi connectivity index (χ0n) is 14.6. The van der Waals surface area contributed by atoms with Crippen LogP contribution in [0.2, 0.25) is 0 Å². The van der Waals surface area contributed by atoms with Crippen LogP contribution < -0.4 is 0 Å². The highest BCUT2D eigenvalue weighted by Crippen LogP contribution is 2.28. The van der Waals surface area contributed by atoms with E-state index >= 15 is 0 Å². The maximum Gasteiger partial charge on any atom is 0.245 e. The van der Waals surface area contributed by atoms with Gasteiger partial charge in [-0.2, -0.15) is 0 Å². The van der Waals surface area contributed by atoms with E-state index in [0.29, 0.717) is 25.4 Å². The van der Waals surface area contributed by atoms with Crippen molar-refractivity contribution in [3.63, 3.8) is 0 Å². The summed E-state index contributed by atoms with van der Waals surface area (Å²) in [4.78, 5) is 40.3. The van der Waals surface area contributed by atoms with Gasteiger partial charge in [0.1, 0.15) is 12.2 Å². The molecule has 0 aliphatic carbocycles. The largest absolute Gasteiger partial charge is 0.337 e. The van der Waals surface area contributed by atoms with E-state index < -0.39 is 12.2 Å². The number of unbranched alkanes of at least 4 members (excludes halogenated alkanes) is 1. The molecule has 2 heterocycles. The maximum absolute atomic E-state index is 12.9. The standard InChI is InChI=1S/C16H28N4O3/c1-5-6-7-18-9-14-19(11-21)17(4)10-15(22)20(14)13(16(18)23)8-12(2)3/h11-14H,5-10H2,1-4H3/t13-,14?/m0/s1. The molecule has 0 aromatic heterocycles. The summed E-state index contributed by atoms with van der Waals surface area (Å²) >= 11 is 0. The van der Waals surface area contributed by atoms with E-state index in [2.05, 4.69) is 6.92 Å². The molecule has 0 aromatic carbocycles. The number of piperazine rings is 1. The molecule has 0 bridgehead atoms. The van der Waals surface area contributed by atoms with Gasteiger partial charge in [0, 0.05) is 13.6 Å². The van der Waals surface area contributed by atoms with Crippen molar-refractivity contribution >= 4 is 18.2 Å². The van der Waals surface area contributed by atoms with Crippen LogP contribution in [-0.4, -0.2) is 76.9 Å². The Labute approximate surface area is 138 Å². The normalized spacial score (nSPS) is 26.0. The fraction of sp³-hybridized carbons (Fsp3) is 0.812. The van der Waals surface area contributed by atoms with Crippen molar-refractivity contribution in [3.05, 3.63) is 0 Å². The molecule has 23 heavy (non-hydrogen) atoms. The van der Waals surface area contributed by atoms with Gasteiger partial charge in [-0.25, -0.2) is 5.01 Å². The molecule has 130 valence electrons. The first kappa shape index (κ1) is 17.7. The van der Waals surface area contributed by atoms with Gasteiger partial charge in [-0.3, -0.25) is 19.4 Å². The molecule has 2 rings (SSSR count). The smallest absolute Gasteiger partial charge is 0.245 e. The minimum absolute atomic E-state index is 0.0205. The topological polar surface area (TPSA) is 64.2 Å². The highest BCUT2D eigenvalue weighted by Gasteiger charge is 2.48. The van der Waals surface area contributed by atoms with Crippen LogP contribution in [0, 0.1) is 5.92 Å². The SMILES string of the molecule is CCCCN1CC2N(C(=O)CN(C)N2C=O)[C@@H](CC(C)C)C1=O. The Kier molecular flexibility index (Phi) is 5.62. The predicted molar refractivity (Wildman–Crippen MR) is 85.9 cm³/mol. The molecule has 0 aromatic rings. The Hall–Kier alpha value is -1.63. The first-order valence-electron chi connectivity index (χ1n) is 8.45. The maximum atomic E-state index is 12.9. The second-order valence-electron chi connectivity index (χ2n) is 6.87. The van der Waals surface area contributed by atoms with Gasteiger partial charge >= 0.3 is 0 Å². The molecule has 0 spiro atoms. The lowest BCUT2D eigenvalue weighted by atomic mass is 9.97. The highest BCUT2D eigenvalue weighted by atomic mass is 16.2. The number of carbonyl (C=O) groups is 3. The summed E-state index contributed by atoms with van der Waals surface area (Å²) in [6.07, 6.45) is 2.92. The van der Waals surface area contributed by atoms with E-state index in [0.717, 1.165) is 19.3 Å². The first-order chi connectivity index (χ1) is 10.9. The quantitative estimate of drug-likeness (QED) is 0.668. The Morgan fingerprint density at radius 1 is 1.30 bits per heavy atom. The zero-order chi connectivity index (χ0) is 17.1. The fourth-order valence-electron chi connectivity index (χ4n) is 3.41. The van der Waals surface area contributed by atoms with Crippen LogP contribution in [0.5, 0.6) is 0 Å². The molecule has 7 nitrogen and oxygen atoms in total. The van der Waals surface area contributed by atoms with Crippen LogP contribution in [0.15, 0.2) is 0 Å². The number of hydrogen-bond donors (Lipinski definition) is 0. The van der Waals surface area contributed by atoms with Gasteiger partial charge < -0.3 is 9.80 Å². The second-order valence-corrected chi connectivity index (χ2v) is 6.87. The average molecular weight is 324 g/mol. The summed E-state index contributed by atoms with van der Waals surface area (Å²) < 4.78 is 0. The predicted octanol–water partition coefficient (Wildman–Crippen LogP) is 0.517. The number of hydrazine groups is 1. The van der Waals surface area contributed by atoms with Gasteiger partial charge in [0.2, 0.25) is 18.2 Å². The minimum Gasteiger partial charge on any atom is -0.337 e. The van der Waals surface area contributed by atoms with E-state index in [1.165, 1.54) is 0 Å². The van der Waals surface area contributed by atoms with Crippen molar-refractivity contribution in [3.8, 4) is 0 Å². The van der Waals surface area contributed by atoms with Gasteiger partial charge in [0.25, 0.3) is 0 Å². The lowest BCUT2D eigenvalue weighted by molar-refractivity contribution is -0.197. The summed E-state index contributed by atoms with van der Waals surface area (Å²) in [7, 11) is 1.73. The third kappa shape index (κ3) is 3.49. The number of carbonyl (C=O) groups excluding carboxylic acids is 3. The Bertz CT molecular complexity index is 468. The van der Waals surface area contributed by atoms with Crippen molar-refractivity contribution in [1.82, 2.24) is 19.8 Å². The first-order valence-corrected chi connectivity index (χ1v) is 8.45. The van der Waals surface area contributed by atoms with Crippen molar-refractivity contribution in [2.75, 3.05) is 26.7 Å². The minimum atomic E-state index is -0.464. The van der Waals surface area contributed by atoms with Gasteiger partial charge in [-0.1, -0.05) is 27.2 Å². The molecule has 0 saturated carbocycles. The molecule has 2 atom stereocenters. The van der Waals surface area contributed by atoms with Gasteiger partial charge in [0.05, 0.1) is 13.1 Å². The van der Waals surface area contributed by atoms with E-state index in [1.54, 1.807) is 22.0 Å². The third-order valence-electron chi connectivity index (χ3n) is 4.57. The molecule has 2 aliphatic rings. The number of hydrogen-bond acceptors (Lipinski definition) is 4. The highest BCUT2D eigenvalue weighted by molar-refractivity contribution is 5.90. The summed E-state index contributed by atoms with van der Waals surface area (Å²) in [6.45, 7) is 7.38. The van der Waals surface area contributed by atoms with Crippen LogP contribution in [0.1, 0.15) is 40.0 Å². The van der Waals surface area contributed by atoms with E-state index in [-0.39, 0.29) is 18.4 Å². The molecular weight excluding hydrogens is 296 g/mol. The molecule has 2 aliphatic heterocycles. The molecule has 0 radical (unpaired) electrons. The third-order valence-corrected chi connectivity index (χ3v) is 4.57. The molecule has 0 N–H and O–H groups in total. The molecule has 7 heteroatoms. The average Bonchev–Trinajstić information content (AvgIpc) is 2.48. The Morgan fingerprint density at radius 2 is 2.00 bits per heavy atom. The molecule has 2 fully saturated rings. The van der Waals surface area contributed by atoms with Gasteiger partial charge in [-0.05, 0) is 18.8 Å². The number of amides is 3. The van der Waals surface area contributed by atoms with Gasteiger partial charge in [0.15, 0.2) is 0 Å². The zero-order valence-corrected chi connectivity index (χ0v) is 14.6. The molecule has 3 amide bonds. The number of rotatable bonds is 6. The van der Waals surface area contributed by atoms with Crippen LogP contribution in [0.25, 0.3) is 0 Å². The van der Waals surface area contributed by atoms with Crippen molar-refractivity contribution in [2.24, 2.45) is 5.92 Å². The summed E-state index contributed by atoms with van der Waals surface area (Å²) in [5.74, 6) is 0.241. The van der Waals surface area contributed by atoms with E-state index in [4.69, 9.17) is 0 Å². The van der Waals surface area contributed by atoms with E-state index in [1.807, 2.05) is 18.7 Å². The number of fused-ring (bicyclic) bond motifs is 1. The molecular formula is C16H28N4O3. The van der Waals surface area contributed by atoms with Crippen LogP contribution in [0.3, 0.4) is 0 Å². The Morgan fingerprint density at radius 3 is 2.57 bits per heavy atom. The molecule has 1 unspecified atom stereocenters. The fourth-order valence-corrected chi connectivity index (χ4v) is 3.41. The summed E-state index contributed by atoms with van der Waals surface area (Å²) in [6, 6.07) is -0.464. The van der Waals surface area contributed by atoms with Gasteiger partial charge in [-0.15, -0.1) is 0 Å². The van der Waals surface area contributed by atoms with Crippen LogP contribution >= 0.6 is 0 Å². The monoisotopic (exact) mass is 324 g/mol. The number of likely N-dealkylation sites (N-methyl/N-ethyl adjacent to an activating group) is 1. The van der Waals surface area contributed by atoms with Crippen molar-refractivity contribution < 1.29 is 14.4 Å². The van der Waals surface area contributed by atoms with Crippen LogP contribution in [0.4, 0.5) is 0 Å². The van der Waals surface area contributed by atoms with Crippen LogP contribution in [-0.2, 0) is 14.4 Å². The summed E-state index contributed by atoms with van der Waals surface area (Å²) in [5.41, 5.74) is 0. The van der Waals surface area contributed by atoms with E-state index in [9.17, 15) is 14.4 Å².